The highest BCUT2D eigenvalue weighted by Crippen LogP contribution is 2.42. The van der Waals surface area contributed by atoms with Crippen molar-refractivity contribution >= 4 is 0 Å². The highest BCUT2D eigenvalue weighted by Gasteiger charge is 2.50. The standard InChI is InChI=1S/C12H23NO/c1-11(2)9-14-10-12(11,3)13-7-5-4-6-8-13/h4-10H2,1-3H3. The van der Waals surface area contributed by atoms with Crippen LogP contribution in [0, 0.1) is 5.41 Å². The lowest BCUT2D eigenvalue weighted by molar-refractivity contribution is 0.0171. The molecule has 0 saturated carbocycles. The third-order valence-electron chi connectivity index (χ3n) is 4.36. The smallest absolute Gasteiger partial charge is 0.0654 e. The van der Waals surface area contributed by atoms with Gasteiger partial charge in [0, 0.05) is 11.0 Å². The summed E-state index contributed by atoms with van der Waals surface area (Å²) in [5.74, 6) is 0. The van der Waals surface area contributed by atoms with E-state index in [0.29, 0.717) is 5.41 Å². The molecule has 0 spiro atoms. The fourth-order valence-corrected chi connectivity index (χ4v) is 2.76. The molecule has 2 aliphatic rings. The minimum atomic E-state index is 0.271. The first-order valence-electron chi connectivity index (χ1n) is 5.89. The van der Waals surface area contributed by atoms with E-state index in [4.69, 9.17) is 4.74 Å². The van der Waals surface area contributed by atoms with E-state index >= 15 is 0 Å². The van der Waals surface area contributed by atoms with Gasteiger partial charge in [0.2, 0.25) is 0 Å². The zero-order valence-corrected chi connectivity index (χ0v) is 9.81. The van der Waals surface area contributed by atoms with Gasteiger partial charge >= 0.3 is 0 Å². The molecule has 14 heavy (non-hydrogen) atoms. The van der Waals surface area contributed by atoms with Gasteiger partial charge in [0.1, 0.15) is 0 Å². The van der Waals surface area contributed by atoms with Crippen molar-refractivity contribution in [2.24, 2.45) is 5.41 Å². The van der Waals surface area contributed by atoms with Crippen molar-refractivity contribution in [3.8, 4) is 0 Å². The van der Waals surface area contributed by atoms with Crippen LogP contribution >= 0.6 is 0 Å². The van der Waals surface area contributed by atoms with Gasteiger partial charge in [-0.1, -0.05) is 20.3 Å². The Hall–Kier alpha value is -0.0800. The van der Waals surface area contributed by atoms with E-state index in [1.54, 1.807) is 0 Å². The Morgan fingerprint density at radius 2 is 1.57 bits per heavy atom. The highest BCUT2D eigenvalue weighted by atomic mass is 16.5. The average molecular weight is 197 g/mol. The molecule has 0 amide bonds. The number of likely N-dealkylation sites (tertiary alicyclic amines) is 1. The molecule has 0 aliphatic carbocycles. The van der Waals surface area contributed by atoms with Crippen LogP contribution in [-0.2, 0) is 4.74 Å². The van der Waals surface area contributed by atoms with E-state index in [1.165, 1.54) is 32.4 Å². The molecule has 0 bridgehead atoms. The van der Waals surface area contributed by atoms with E-state index in [1.807, 2.05) is 0 Å². The molecule has 2 heterocycles. The van der Waals surface area contributed by atoms with Crippen molar-refractivity contribution < 1.29 is 4.74 Å². The van der Waals surface area contributed by atoms with Crippen molar-refractivity contribution in [3.63, 3.8) is 0 Å². The van der Waals surface area contributed by atoms with E-state index in [0.717, 1.165) is 13.2 Å². The van der Waals surface area contributed by atoms with E-state index in [2.05, 4.69) is 25.7 Å². The molecule has 0 N–H and O–H groups in total. The molecule has 0 aromatic rings. The predicted molar refractivity (Wildman–Crippen MR) is 58.4 cm³/mol. The highest BCUT2D eigenvalue weighted by molar-refractivity contribution is 5.02. The summed E-state index contributed by atoms with van der Waals surface area (Å²) in [7, 11) is 0. The monoisotopic (exact) mass is 197 g/mol. The Balaban J connectivity index is 2.13. The molecule has 2 nitrogen and oxygen atoms in total. The molecule has 2 heteroatoms. The minimum absolute atomic E-state index is 0.271. The predicted octanol–water partition coefficient (Wildman–Crippen LogP) is 2.29. The second-order valence-electron chi connectivity index (χ2n) is 5.70. The van der Waals surface area contributed by atoms with Gasteiger partial charge in [-0.3, -0.25) is 4.90 Å². The first-order chi connectivity index (χ1) is 6.56. The molecule has 2 aliphatic heterocycles. The van der Waals surface area contributed by atoms with Crippen LogP contribution in [0.5, 0.6) is 0 Å². The van der Waals surface area contributed by atoms with Gasteiger partial charge in [-0.25, -0.2) is 0 Å². The van der Waals surface area contributed by atoms with Crippen LogP contribution in [0.1, 0.15) is 40.0 Å². The summed E-state index contributed by atoms with van der Waals surface area (Å²) in [6, 6.07) is 0. The summed E-state index contributed by atoms with van der Waals surface area (Å²) in [4.78, 5) is 2.66. The lowest BCUT2D eigenvalue weighted by atomic mass is 9.74. The second-order valence-corrected chi connectivity index (χ2v) is 5.70. The first-order valence-corrected chi connectivity index (χ1v) is 5.89. The topological polar surface area (TPSA) is 12.5 Å². The SMILES string of the molecule is CC1(C)COCC1(C)N1CCCCC1. The quantitative estimate of drug-likeness (QED) is 0.639. The van der Waals surface area contributed by atoms with Crippen LogP contribution < -0.4 is 0 Å². The number of rotatable bonds is 1. The Labute approximate surface area is 87.6 Å². The number of nitrogens with zero attached hydrogens (tertiary/aromatic N) is 1. The summed E-state index contributed by atoms with van der Waals surface area (Å²) < 4.78 is 5.69. The molecule has 0 aromatic heterocycles. The summed E-state index contributed by atoms with van der Waals surface area (Å²) in [6.07, 6.45) is 4.14. The average Bonchev–Trinajstić information content (AvgIpc) is 2.44. The van der Waals surface area contributed by atoms with Gasteiger partial charge in [0.25, 0.3) is 0 Å². The third-order valence-corrected chi connectivity index (χ3v) is 4.36. The summed E-state index contributed by atoms with van der Waals surface area (Å²) in [5.41, 5.74) is 0.581. The van der Waals surface area contributed by atoms with Crippen molar-refractivity contribution in [2.45, 2.75) is 45.6 Å². The number of hydrogen-bond donors (Lipinski definition) is 0. The molecule has 0 aromatic carbocycles. The lowest BCUT2D eigenvalue weighted by Crippen LogP contribution is -2.57. The molecular weight excluding hydrogens is 174 g/mol. The van der Waals surface area contributed by atoms with Gasteiger partial charge in [0.15, 0.2) is 0 Å². The molecule has 82 valence electrons. The van der Waals surface area contributed by atoms with Crippen LogP contribution in [-0.4, -0.2) is 36.7 Å². The lowest BCUT2D eigenvalue weighted by Gasteiger charge is -2.47. The van der Waals surface area contributed by atoms with Crippen LogP contribution in [0.15, 0.2) is 0 Å². The maximum absolute atomic E-state index is 5.69. The maximum atomic E-state index is 5.69. The van der Waals surface area contributed by atoms with Crippen molar-refractivity contribution in [3.05, 3.63) is 0 Å². The van der Waals surface area contributed by atoms with E-state index in [-0.39, 0.29) is 5.54 Å². The molecule has 2 fully saturated rings. The molecule has 2 rings (SSSR count). The van der Waals surface area contributed by atoms with Gasteiger partial charge < -0.3 is 4.74 Å². The fourth-order valence-electron chi connectivity index (χ4n) is 2.76. The minimum Gasteiger partial charge on any atom is -0.379 e. The van der Waals surface area contributed by atoms with Crippen LogP contribution in [0.2, 0.25) is 0 Å². The molecule has 0 radical (unpaired) electrons. The second kappa shape index (κ2) is 3.49. The molecule has 2 saturated heterocycles. The zero-order chi connectivity index (χ0) is 10.2. The zero-order valence-electron chi connectivity index (χ0n) is 9.81. The summed E-state index contributed by atoms with van der Waals surface area (Å²) >= 11 is 0. The van der Waals surface area contributed by atoms with Crippen LogP contribution in [0.4, 0.5) is 0 Å². The van der Waals surface area contributed by atoms with Gasteiger partial charge in [0.05, 0.1) is 13.2 Å². The number of piperidine rings is 1. The van der Waals surface area contributed by atoms with Crippen molar-refractivity contribution in [1.82, 2.24) is 4.90 Å². The third kappa shape index (κ3) is 1.49. The Morgan fingerprint density at radius 3 is 2.07 bits per heavy atom. The molecule has 1 atom stereocenters. The fraction of sp³-hybridized carbons (Fsp3) is 1.00. The molecular formula is C12H23NO. The van der Waals surface area contributed by atoms with Crippen molar-refractivity contribution in [2.75, 3.05) is 26.3 Å². The van der Waals surface area contributed by atoms with Gasteiger partial charge in [-0.15, -0.1) is 0 Å². The van der Waals surface area contributed by atoms with Crippen LogP contribution in [0.25, 0.3) is 0 Å². The number of ether oxygens (including phenoxy) is 1. The van der Waals surface area contributed by atoms with Gasteiger partial charge in [-0.05, 0) is 32.9 Å². The van der Waals surface area contributed by atoms with E-state index in [9.17, 15) is 0 Å². The maximum Gasteiger partial charge on any atom is 0.0654 e. The first kappa shape index (κ1) is 10.4. The largest absolute Gasteiger partial charge is 0.379 e. The Morgan fingerprint density at radius 1 is 0.929 bits per heavy atom. The Kier molecular flexibility index (Phi) is 2.61. The normalized spacial score (nSPS) is 38.8. The summed E-state index contributed by atoms with van der Waals surface area (Å²) in [5, 5.41) is 0. The van der Waals surface area contributed by atoms with Gasteiger partial charge in [-0.2, -0.15) is 0 Å². The van der Waals surface area contributed by atoms with E-state index < -0.39 is 0 Å². The van der Waals surface area contributed by atoms with Crippen molar-refractivity contribution in [1.29, 1.82) is 0 Å². The summed E-state index contributed by atoms with van der Waals surface area (Å²) in [6.45, 7) is 11.4. The molecule has 1 unspecified atom stereocenters. The number of hydrogen-bond acceptors (Lipinski definition) is 2. The van der Waals surface area contributed by atoms with Crippen LogP contribution in [0.3, 0.4) is 0 Å². The Bertz CT molecular complexity index is 208.